The van der Waals surface area contributed by atoms with E-state index >= 15 is 0 Å². The minimum absolute atomic E-state index is 0.279. The van der Waals surface area contributed by atoms with Crippen molar-refractivity contribution in [2.75, 3.05) is 34.4 Å². The van der Waals surface area contributed by atoms with Gasteiger partial charge in [0.25, 0.3) is 0 Å². The summed E-state index contributed by atoms with van der Waals surface area (Å²) in [5.74, 6) is 0.912. The molecule has 0 fully saturated rings. The van der Waals surface area contributed by atoms with E-state index < -0.39 is 5.97 Å². The van der Waals surface area contributed by atoms with Gasteiger partial charge in [-0.15, -0.1) is 0 Å². The van der Waals surface area contributed by atoms with Crippen LogP contribution in [-0.4, -0.2) is 57.4 Å². The summed E-state index contributed by atoms with van der Waals surface area (Å²) in [7, 11) is 5.11. The molecule has 0 saturated carbocycles. The fourth-order valence-corrected chi connectivity index (χ4v) is 3.20. The third-order valence-electron chi connectivity index (χ3n) is 4.48. The highest BCUT2D eigenvalue weighted by molar-refractivity contribution is 5.94. The lowest BCUT2D eigenvalue weighted by Crippen LogP contribution is -2.51. The average Bonchev–Trinajstić information content (AvgIpc) is 2.67. The Morgan fingerprint density at radius 2 is 1.86 bits per heavy atom. The molecule has 1 aromatic rings. The van der Waals surface area contributed by atoms with Crippen molar-refractivity contribution >= 4 is 12.0 Å². The maximum Gasteiger partial charge on any atom is 0.337 e. The normalized spacial score (nSPS) is 16.5. The molecule has 0 saturated heterocycles. The smallest absolute Gasteiger partial charge is 0.337 e. The summed E-state index contributed by atoms with van der Waals surface area (Å²) >= 11 is 0. The summed E-state index contributed by atoms with van der Waals surface area (Å²) in [6.45, 7) is 4.95. The molecular weight excluding hydrogens is 362 g/mol. The van der Waals surface area contributed by atoms with E-state index in [1.165, 1.54) is 0 Å². The molecule has 1 aliphatic heterocycles. The maximum absolute atomic E-state index is 12.5. The van der Waals surface area contributed by atoms with E-state index in [0.717, 1.165) is 5.56 Å². The molecule has 154 valence electrons. The van der Waals surface area contributed by atoms with Crippen LogP contribution in [0.3, 0.4) is 0 Å². The van der Waals surface area contributed by atoms with Crippen LogP contribution in [0.25, 0.3) is 0 Å². The van der Waals surface area contributed by atoms with Gasteiger partial charge in [-0.05, 0) is 38.1 Å². The first-order valence-electron chi connectivity index (χ1n) is 9.30. The molecule has 0 bridgehead atoms. The average molecular weight is 391 g/mol. The zero-order chi connectivity index (χ0) is 20.7. The third kappa shape index (κ3) is 5.16. The van der Waals surface area contributed by atoms with Crippen molar-refractivity contribution in [1.29, 1.82) is 0 Å². The molecule has 0 aliphatic carbocycles. The number of likely N-dealkylation sites (N-methyl/N-ethyl adjacent to an activating group) is 1. The second-order valence-corrected chi connectivity index (χ2v) is 6.53. The van der Waals surface area contributed by atoms with E-state index in [2.05, 4.69) is 10.6 Å². The van der Waals surface area contributed by atoms with Gasteiger partial charge in [-0.25, -0.2) is 9.59 Å². The molecule has 1 heterocycles. The predicted octanol–water partition coefficient (Wildman–Crippen LogP) is 2.04. The SMILES string of the molecule is CCOC(=O)C1=C(CN(C)Cc2ccc(OC)c(OC)c2)NC(=O)N[C@@H]1CC. The predicted molar refractivity (Wildman–Crippen MR) is 105 cm³/mol. The molecular formula is C20H29N3O5. The van der Waals surface area contributed by atoms with Gasteiger partial charge in [-0.1, -0.05) is 13.0 Å². The van der Waals surface area contributed by atoms with Gasteiger partial charge in [0, 0.05) is 18.8 Å². The second-order valence-electron chi connectivity index (χ2n) is 6.53. The Morgan fingerprint density at radius 3 is 2.46 bits per heavy atom. The molecule has 0 unspecified atom stereocenters. The number of amides is 2. The van der Waals surface area contributed by atoms with E-state index in [9.17, 15) is 9.59 Å². The Hall–Kier alpha value is -2.74. The first-order valence-corrected chi connectivity index (χ1v) is 9.30. The van der Waals surface area contributed by atoms with E-state index in [4.69, 9.17) is 14.2 Å². The van der Waals surface area contributed by atoms with Crippen LogP contribution in [0.4, 0.5) is 4.79 Å². The van der Waals surface area contributed by atoms with Crippen molar-refractivity contribution in [2.24, 2.45) is 0 Å². The van der Waals surface area contributed by atoms with Gasteiger partial charge in [0.15, 0.2) is 11.5 Å². The highest BCUT2D eigenvalue weighted by Gasteiger charge is 2.31. The van der Waals surface area contributed by atoms with Crippen molar-refractivity contribution in [1.82, 2.24) is 15.5 Å². The number of benzene rings is 1. The van der Waals surface area contributed by atoms with Crippen LogP contribution < -0.4 is 20.1 Å². The zero-order valence-corrected chi connectivity index (χ0v) is 17.1. The Kier molecular flexibility index (Phi) is 7.69. The minimum atomic E-state index is -0.406. The fourth-order valence-electron chi connectivity index (χ4n) is 3.20. The molecule has 28 heavy (non-hydrogen) atoms. The lowest BCUT2D eigenvalue weighted by atomic mass is 10.00. The van der Waals surface area contributed by atoms with E-state index in [-0.39, 0.29) is 18.7 Å². The largest absolute Gasteiger partial charge is 0.493 e. The first-order chi connectivity index (χ1) is 13.4. The van der Waals surface area contributed by atoms with Crippen molar-refractivity contribution < 1.29 is 23.8 Å². The number of carbonyl (C=O) groups excluding carboxylic acids is 2. The Bertz CT molecular complexity index is 747. The number of carbonyl (C=O) groups is 2. The number of hydrogen-bond donors (Lipinski definition) is 2. The van der Waals surface area contributed by atoms with Gasteiger partial charge in [0.2, 0.25) is 0 Å². The van der Waals surface area contributed by atoms with Gasteiger partial charge in [0.1, 0.15) is 0 Å². The molecule has 2 N–H and O–H groups in total. The summed E-state index contributed by atoms with van der Waals surface area (Å²) in [6.07, 6.45) is 0.602. The lowest BCUT2D eigenvalue weighted by molar-refractivity contribution is -0.139. The highest BCUT2D eigenvalue weighted by Crippen LogP contribution is 2.28. The molecule has 0 aromatic heterocycles. The molecule has 1 atom stereocenters. The number of nitrogens with zero attached hydrogens (tertiary/aromatic N) is 1. The van der Waals surface area contributed by atoms with E-state index in [1.807, 2.05) is 37.1 Å². The van der Waals surface area contributed by atoms with Crippen LogP contribution in [0.2, 0.25) is 0 Å². The first kappa shape index (κ1) is 21.6. The molecule has 1 aliphatic rings. The van der Waals surface area contributed by atoms with E-state index in [1.54, 1.807) is 21.1 Å². The number of urea groups is 1. The molecule has 2 rings (SSSR count). The van der Waals surface area contributed by atoms with Gasteiger partial charge in [-0.3, -0.25) is 4.90 Å². The standard InChI is InChI=1S/C20H29N3O5/c1-6-14-18(19(24)28-7-2)15(22-20(25)21-14)12-23(3)11-13-8-9-16(26-4)17(10-13)27-5/h8-10,14H,6-7,11-12H2,1-5H3,(H2,21,22,25)/t14-/m1/s1. The molecule has 8 heteroatoms. The van der Waals surface area contributed by atoms with Gasteiger partial charge < -0.3 is 24.8 Å². The summed E-state index contributed by atoms with van der Waals surface area (Å²) in [5, 5.41) is 5.55. The van der Waals surface area contributed by atoms with Gasteiger partial charge in [0.05, 0.1) is 32.4 Å². The van der Waals surface area contributed by atoms with Crippen LogP contribution in [0.1, 0.15) is 25.8 Å². The monoisotopic (exact) mass is 391 g/mol. The fraction of sp³-hybridized carbons (Fsp3) is 0.500. The number of esters is 1. The molecule has 1 aromatic carbocycles. The summed E-state index contributed by atoms with van der Waals surface area (Å²) in [5.41, 5.74) is 2.06. The highest BCUT2D eigenvalue weighted by atomic mass is 16.5. The Morgan fingerprint density at radius 1 is 1.14 bits per heavy atom. The number of rotatable bonds is 9. The van der Waals surface area contributed by atoms with Crippen molar-refractivity contribution in [3.05, 3.63) is 35.0 Å². The lowest BCUT2D eigenvalue weighted by Gasteiger charge is -2.30. The van der Waals surface area contributed by atoms with Crippen LogP contribution in [0.15, 0.2) is 29.5 Å². The van der Waals surface area contributed by atoms with Crippen molar-refractivity contribution in [3.63, 3.8) is 0 Å². The Balaban J connectivity index is 2.22. The minimum Gasteiger partial charge on any atom is -0.493 e. The molecule has 0 spiro atoms. The van der Waals surface area contributed by atoms with Crippen molar-refractivity contribution in [3.8, 4) is 11.5 Å². The summed E-state index contributed by atoms with van der Waals surface area (Å²) in [4.78, 5) is 26.5. The van der Waals surface area contributed by atoms with Crippen LogP contribution in [0.5, 0.6) is 11.5 Å². The van der Waals surface area contributed by atoms with Crippen LogP contribution >= 0.6 is 0 Å². The quantitative estimate of drug-likeness (QED) is 0.627. The Labute approximate surface area is 165 Å². The molecule has 0 radical (unpaired) electrons. The van der Waals surface area contributed by atoms with Crippen LogP contribution in [0, 0.1) is 0 Å². The molecule has 8 nitrogen and oxygen atoms in total. The topological polar surface area (TPSA) is 89.1 Å². The number of ether oxygens (including phenoxy) is 3. The van der Waals surface area contributed by atoms with Crippen LogP contribution in [-0.2, 0) is 16.1 Å². The number of hydrogen-bond acceptors (Lipinski definition) is 6. The number of nitrogens with one attached hydrogen (secondary N) is 2. The second kappa shape index (κ2) is 9.98. The van der Waals surface area contributed by atoms with Gasteiger partial charge >= 0.3 is 12.0 Å². The van der Waals surface area contributed by atoms with Crippen molar-refractivity contribution in [2.45, 2.75) is 32.9 Å². The molecule has 2 amide bonds. The van der Waals surface area contributed by atoms with E-state index in [0.29, 0.717) is 42.3 Å². The summed E-state index contributed by atoms with van der Waals surface area (Å²) in [6, 6.07) is 5.04. The maximum atomic E-state index is 12.5. The summed E-state index contributed by atoms with van der Waals surface area (Å²) < 4.78 is 15.8. The zero-order valence-electron chi connectivity index (χ0n) is 17.1. The third-order valence-corrected chi connectivity index (χ3v) is 4.48. The number of methoxy groups -OCH3 is 2. The van der Waals surface area contributed by atoms with Gasteiger partial charge in [-0.2, -0.15) is 0 Å².